The number of amides is 3. The van der Waals surface area contributed by atoms with Crippen LogP contribution in [0.5, 0.6) is 0 Å². The average Bonchev–Trinajstić information content (AvgIpc) is 3.17. The zero-order valence-electron chi connectivity index (χ0n) is 17.0. The Labute approximate surface area is 182 Å². The summed E-state index contributed by atoms with van der Waals surface area (Å²) in [5.74, 6) is -0.517. The molecule has 1 aromatic heterocycles. The maximum Gasteiger partial charge on any atom is 0.268 e. The number of rotatable bonds is 5. The van der Waals surface area contributed by atoms with Crippen molar-refractivity contribution in [2.45, 2.75) is 20.4 Å². The number of nitrogens with zero attached hydrogens (tertiary/aromatic N) is 3. The van der Waals surface area contributed by atoms with Gasteiger partial charge in [-0.3, -0.25) is 19.3 Å². The van der Waals surface area contributed by atoms with E-state index in [2.05, 4.69) is 28.6 Å². The number of imide groups is 1. The molecule has 0 fully saturated rings. The van der Waals surface area contributed by atoms with E-state index in [-0.39, 0.29) is 6.54 Å². The first-order chi connectivity index (χ1) is 14.4. The van der Waals surface area contributed by atoms with Gasteiger partial charge in [0.05, 0.1) is 21.3 Å². The molecule has 0 atom stereocenters. The molecular weight excluding hydrogens is 418 g/mol. The van der Waals surface area contributed by atoms with Crippen molar-refractivity contribution in [1.82, 2.24) is 9.47 Å². The van der Waals surface area contributed by atoms with Crippen molar-refractivity contribution in [3.05, 3.63) is 63.5 Å². The van der Waals surface area contributed by atoms with Crippen LogP contribution in [-0.2, 0) is 11.3 Å². The van der Waals surface area contributed by atoms with Gasteiger partial charge in [0.2, 0.25) is 0 Å². The van der Waals surface area contributed by atoms with Crippen molar-refractivity contribution >= 4 is 51.0 Å². The predicted octanol–water partition coefficient (Wildman–Crippen LogP) is 3.41. The van der Waals surface area contributed by atoms with E-state index >= 15 is 0 Å². The Hall–Kier alpha value is -2.71. The molecule has 4 rings (SSSR count). The number of benzene rings is 2. The van der Waals surface area contributed by atoms with E-state index < -0.39 is 17.7 Å². The van der Waals surface area contributed by atoms with Crippen LogP contribution in [0.1, 0.15) is 31.8 Å². The van der Waals surface area contributed by atoms with Gasteiger partial charge in [0.1, 0.15) is 6.54 Å². The molecule has 0 saturated heterocycles. The Morgan fingerprint density at radius 1 is 1.10 bits per heavy atom. The zero-order valence-corrected chi connectivity index (χ0v) is 18.6. The first-order valence-corrected chi connectivity index (χ1v) is 11.7. The molecule has 30 heavy (non-hydrogen) atoms. The van der Waals surface area contributed by atoms with Crippen LogP contribution in [0.25, 0.3) is 10.2 Å². The van der Waals surface area contributed by atoms with Crippen molar-refractivity contribution in [1.29, 1.82) is 0 Å². The first-order valence-electron chi connectivity index (χ1n) is 9.53. The highest BCUT2D eigenvalue weighted by atomic mass is 32.2. The van der Waals surface area contributed by atoms with Crippen LogP contribution in [0.3, 0.4) is 0 Å². The van der Waals surface area contributed by atoms with Crippen LogP contribution < -0.4 is 4.80 Å². The number of aryl methyl sites for hydroxylation is 3. The molecule has 3 aromatic rings. The minimum atomic E-state index is -0.511. The maximum absolute atomic E-state index is 12.7. The lowest BCUT2D eigenvalue weighted by atomic mass is 10.1. The number of carbonyl (C=O) groups excluding carboxylic acids is 3. The highest BCUT2D eigenvalue weighted by molar-refractivity contribution is 7.98. The molecule has 0 bridgehead atoms. The third-order valence-electron chi connectivity index (χ3n) is 5.03. The van der Waals surface area contributed by atoms with E-state index in [1.807, 2.05) is 13.2 Å². The number of aromatic nitrogens is 1. The van der Waals surface area contributed by atoms with E-state index in [1.54, 1.807) is 36.0 Å². The van der Waals surface area contributed by atoms with Gasteiger partial charge >= 0.3 is 0 Å². The summed E-state index contributed by atoms with van der Waals surface area (Å²) in [7, 11) is 0. The summed E-state index contributed by atoms with van der Waals surface area (Å²) in [6, 6.07) is 10.8. The van der Waals surface area contributed by atoms with Gasteiger partial charge in [0, 0.05) is 12.3 Å². The van der Waals surface area contributed by atoms with Crippen LogP contribution in [0.2, 0.25) is 0 Å². The smallest absolute Gasteiger partial charge is 0.268 e. The van der Waals surface area contributed by atoms with Gasteiger partial charge in [0.25, 0.3) is 17.7 Å². The molecule has 154 valence electrons. The van der Waals surface area contributed by atoms with Gasteiger partial charge in [-0.05, 0) is 49.4 Å². The van der Waals surface area contributed by atoms with Crippen LogP contribution in [-0.4, -0.2) is 45.7 Å². The molecule has 0 spiro atoms. The summed E-state index contributed by atoms with van der Waals surface area (Å²) in [5.41, 5.74) is 4.01. The molecule has 2 heterocycles. The lowest BCUT2D eigenvalue weighted by molar-refractivity contribution is -0.118. The van der Waals surface area contributed by atoms with Crippen molar-refractivity contribution in [3.63, 3.8) is 0 Å². The van der Waals surface area contributed by atoms with E-state index in [9.17, 15) is 14.4 Å². The van der Waals surface area contributed by atoms with Crippen molar-refractivity contribution < 1.29 is 14.4 Å². The summed E-state index contributed by atoms with van der Waals surface area (Å²) in [6.45, 7) is 4.46. The third kappa shape index (κ3) is 3.61. The third-order valence-corrected chi connectivity index (χ3v) is 6.85. The number of fused-ring (bicyclic) bond motifs is 2. The number of hydrogen-bond acceptors (Lipinski definition) is 5. The molecular formula is C22H21N3O3S2. The van der Waals surface area contributed by atoms with Gasteiger partial charge in [-0.25, -0.2) is 0 Å². The normalized spacial score (nSPS) is 14.1. The van der Waals surface area contributed by atoms with Gasteiger partial charge < -0.3 is 4.57 Å². The average molecular weight is 440 g/mol. The Morgan fingerprint density at radius 2 is 1.77 bits per heavy atom. The number of thioether (sulfide) groups is 1. The minimum Gasteiger partial charge on any atom is -0.315 e. The SMILES string of the molecule is CSCCn1c(=NC(=O)CN2C(=O)c3ccccc3C2=O)sc2c(C)cc(C)cc21. The predicted molar refractivity (Wildman–Crippen MR) is 120 cm³/mol. The lowest BCUT2D eigenvalue weighted by Crippen LogP contribution is -2.35. The number of carbonyl (C=O) groups is 3. The van der Waals surface area contributed by atoms with Crippen LogP contribution in [0.4, 0.5) is 0 Å². The first kappa shape index (κ1) is 20.6. The van der Waals surface area contributed by atoms with Gasteiger partial charge in [-0.15, -0.1) is 0 Å². The summed E-state index contributed by atoms with van der Waals surface area (Å²) in [5, 5.41) is 0. The van der Waals surface area contributed by atoms with Crippen molar-refractivity contribution in [2.75, 3.05) is 18.6 Å². The molecule has 8 heteroatoms. The summed E-state index contributed by atoms with van der Waals surface area (Å²) >= 11 is 3.19. The number of hydrogen-bond donors (Lipinski definition) is 0. The monoisotopic (exact) mass is 439 g/mol. The van der Waals surface area contributed by atoms with E-state index in [4.69, 9.17) is 0 Å². The van der Waals surface area contributed by atoms with Crippen molar-refractivity contribution in [3.8, 4) is 0 Å². The van der Waals surface area contributed by atoms with E-state index in [0.717, 1.165) is 38.5 Å². The fourth-order valence-corrected chi connectivity index (χ4v) is 5.15. The second kappa shape index (κ2) is 8.20. The van der Waals surface area contributed by atoms with E-state index in [0.29, 0.717) is 15.9 Å². The molecule has 1 aliphatic rings. The van der Waals surface area contributed by atoms with Gasteiger partial charge in [-0.1, -0.05) is 29.5 Å². The maximum atomic E-state index is 12.7. The van der Waals surface area contributed by atoms with Crippen LogP contribution in [0.15, 0.2) is 41.4 Å². The highest BCUT2D eigenvalue weighted by Gasteiger charge is 2.36. The Morgan fingerprint density at radius 3 is 2.40 bits per heavy atom. The Bertz CT molecular complexity index is 1220. The largest absolute Gasteiger partial charge is 0.315 e. The van der Waals surface area contributed by atoms with E-state index in [1.165, 1.54) is 11.3 Å². The summed E-state index contributed by atoms with van der Waals surface area (Å²) < 4.78 is 3.14. The van der Waals surface area contributed by atoms with Crippen LogP contribution in [0, 0.1) is 13.8 Å². The fraction of sp³-hybridized carbons (Fsp3) is 0.273. The Kier molecular flexibility index (Phi) is 5.62. The standard InChI is InChI=1S/C22H21N3O3S2/c1-13-10-14(2)19-17(11-13)24(8-9-29-3)22(30-19)23-18(26)12-25-20(27)15-6-4-5-7-16(15)21(25)28/h4-7,10-11H,8-9,12H2,1-3H3. The highest BCUT2D eigenvalue weighted by Crippen LogP contribution is 2.24. The fourth-order valence-electron chi connectivity index (χ4n) is 3.66. The second-order valence-electron chi connectivity index (χ2n) is 7.21. The molecule has 6 nitrogen and oxygen atoms in total. The zero-order chi connectivity index (χ0) is 21.4. The molecule has 3 amide bonds. The minimum absolute atomic E-state index is 0.332. The summed E-state index contributed by atoms with van der Waals surface area (Å²) in [4.78, 5) is 43.7. The second-order valence-corrected chi connectivity index (χ2v) is 9.17. The Balaban J connectivity index is 1.69. The summed E-state index contributed by atoms with van der Waals surface area (Å²) in [6.07, 6.45) is 2.04. The molecule has 0 unspecified atom stereocenters. The van der Waals surface area contributed by atoms with Gasteiger partial charge in [-0.2, -0.15) is 16.8 Å². The quantitative estimate of drug-likeness (QED) is 0.571. The number of thiazole rings is 1. The van der Waals surface area contributed by atoms with Crippen molar-refractivity contribution in [2.24, 2.45) is 4.99 Å². The molecule has 1 aliphatic heterocycles. The molecule has 0 N–H and O–H groups in total. The molecule has 2 aromatic carbocycles. The molecule has 0 radical (unpaired) electrons. The topological polar surface area (TPSA) is 71.7 Å². The van der Waals surface area contributed by atoms with Crippen LogP contribution >= 0.6 is 23.1 Å². The lowest BCUT2D eigenvalue weighted by Gasteiger charge is -2.10. The molecule has 0 saturated carbocycles. The molecule has 0 aliphatic carbocycles. The van der Waals surface area contributed by atoms with Gasteiger partial charge in [0.15, 0.2) is 4.80 Å².